The van der Waals surface area contributed by atoms with Crippen molar-refractivity contribution in [2.75, 3.05) is 6.54 Å². The fourth-order valence-electron chi connectivity index (χ4n) is 0.927. The monoisotopic (exact) mass is 150 g/mol. The molecule has 4 heteroatoms. The van der Waals surface area contributed by atoms with Gasteiger partial charge < -0.3 is 11.1 Å². The molecule has 0 radical (unpaired) electrons. The van der Waals surface area contributed by atoms with Gasteiger partial charge in [0.25, 0.3) is 0 Å². The van der Waals surface area contributed by atoms with Crippen molar-refractivity contribution >= 4 is 18.3 Å². The van der Waals surface area contributed by atoms with Crippen molar-refractivity contribution in [3.8, 4) is 0 Å². The SMILES string of the molecule is Cl.NC(=O)[C@H]1CCCN1. The van der Waals surface area contributed by atoms with E-state index in [4.69, 9.17) is 5.73 Å². The molecule has 1 aliphatic rings. The van der Waals surface area contributed by atoms with Crippen LogP contribution >= 0.6 is 12.4 Å². The van der Waals surface area contributed by atoms with Gasteiger partial charge >= 0.3 is 0 Å². The number of halogens is 1. The zero-order valence-corrected chi connectivity index (χ0v) is 5.91. The van der Waals surface area contributed by atoms with Gasteiger partial charge in [-0.1, -0.05) is 0 Å². The summed E-state index contributed by atoms with van der Waals surface area (Å²) in [5.41, 5.74) is 5.00. The van der Waals surface area contributed by atoms with Crippen LogP contribution in [-0.2, 0) is 4.79 Å². The van der Waals surface area contributed by atoms with E-state index in [0.29, 0.717) is 0 Å². The molecule has 0 aromatic carbocycles. The molecule has 1 fully saturated rings. The standard InChI is InChI=1S/C5H10N2O.ClH/c6-5(8)4-2-1-3-7-4;/h4,7H,1-3H2,(H2,6,8);1H/t4-;/m1./s1. The largest absolute Gasteiger partial charge is 0.368 e. The van der Waals surface area contributed by atoms with Crippen LogP contribution in [0.5, 0.6) is 0 Å². The number of nitrogens with one attached hydrogen (secondary N) is 1. The summed E-state index contributed by atoms with van der Waals surface area (Å²) in [4.78, 5) is 10.4. The van der Waals surface area contributed by atoms with Gasteiger partial charge in [-0.15, -0.1) is 12.4 Å². The van der Waals surface area contributed by atoms with E-state index in [0.717, 1.165) is 19.4 Å². The summed E-state index contributed by atoms with van der Waals surface area (Å²) in [6, 6.07) is -0.0463. The Morgan fingerprint density at radius 1 is 1.67 bits per heavy atom. The average Bonchev–Trinajstić information content (AvgIpc) is 2.12. The van der Waals surface area contributed by atoms with Crippen molar-refractivity contribution in [2.24, 2.45) is 5.73 Å². The molecule has 1 atom stereocenters. The van der Waals surface area contributed by atoms with E-state index in [-0.39, 0.29) is 24.4 Å². The number of carbonyl (C=O) groups is 1. The number of primary amides is 1. The first-order valence-corrected chi connectivity index (χ1v) is 2.83. The van der Waals surface area contributed by atoms with Gasteiger partial charge in [-0.25, -0.2) is 0 Å². The fourth-order valence-corrected chi connectivity index (χ4v) is 0.927. The van der Waals surface area contributed by atoms with E-state index < -0.39 is 0 Å². The van der Waals surface area contributed by atoms with Crippen molar-refractivity contribution < 1.29 is 4.79 Å². The topological polar surface area (TPSA) is 55.1 Å². The van der Waals surface area contributed by atoms with Gasteiger partial charge in [0.15, 0.2) is 0 Å². The fraction of sp³-hybridized carbons (Fsp3) is 0.800. The van der Waals surface area contributed by atoms with Crippen LogP contribution in [0.4, 0.5) is 0 Å². The number of hydrogen-bond acceptors (Lipinski definition) is 2. The Balaban J connectivity index is 0.000000640. The normalized spacial score (nSPS) is 25.1. The lowest BCUT2D eigenvalue weighted by atomic mass is 10.2. The first kappa shape index (κ1) is 8.72. The summed E-state index contributed by atoms with van der Waals surface area (Å²) in [6.07, 6.45) is 1.99. The van der Waals surface area contributed by atoms with Gasteiger partial charge in [0.05, 0.1) is 6.04 Å². The second-order valence-electron chi connectivity index (χ2n) is 2.05. The highest BCUT2D eigenvalue weighted by Gasteiger charge is 2.18. The van der Waals surface area contributed by atoms with Crippen LogP contribution in [0, 0.1) is 0 Å². The van der Waals surface area contributed by atoms with Crippen LogP contribution in [0.25, 0.3) is 0 Å². The molecular weight excluding hydrogens is 140 g/mol. The Morgan fingerprint density at radius 3 is 2.56 bits per heavy atom. The predicted molar refractivity (Wildman–Crippen MR) is 37.5 cm³/mol. The summed E-state index contributed by atoms with van der Waals surface area (Å²) in [7, 11) is 0. The molecule has 0 aromatic rings. The van der Waals surface area contributed by atoms with E-state index in [1.54, 1.807) is 0 Å². The third-order valence-electron chi connectivity index (χ3n) is 1.40. The van der Waals surface area contributed by atoms with E-state index >= 15 is 0 Å². The van der Waals surface area contributed by atoms with E-state index in [1.165, 1.54) is 0 Å². The van der Waals surface area contributed by atoms with Gasteiger partial charge in [-0.2, -0.15) is 0 Å². The van der Waals surface area contributed by atoms with Gasteiger partial charge in [-0.3, -0.25) is 4.79 Å². The molecule has 54 valence electrons. The lowest BCUT2D eigenvalue weighted by Gasteiger charge is -2.01. The number of nitrogens with two attached hydrogens (primary N) is 1. The minimum atomic E-state index is -0.220. The zero-order chi connectivity index (χ0) is 5.98. The highest BCUT2D eigenvalue weighted by molar-refractivity contribution is 5.85. The van der Waals surface area contributed by atoms with Crippen molar-refractivity contribution in [1.82, 2.24) is 5.32 Å². The highest BCUT2D eigenvalue weighted by Crippen LogP contribution is 2.02. The Labute approximate surface area is 60.4 Å². The highest BCUT2D eigenvalue weighted by atomic mass is 35.5. The minimum absolute atomic E-state index is 0. The summed E-state index contributed by atoms with van der Waals surface area (Å²) in [5, 5.41) is 2.98. The van der Waals surface area contributed by atoms with E-state index in [9.17, 15) is 4.79 Å². The lowest BCUT2D eigenvalue weighted by molar-refractivity contribution is -0.119. The van der Waals surface area contributed by atoms with Crippen molar-refractivity contribution in [3.63, 3.8) is 0 Å². The molecule has 0 saturated carbocycles. The summed E-state index contributed by atoms with van der Waals surface area (Å²) in [5.74, 6) is -0.220. The minimum Gasteiger partial charge on any atom is -0.368 e. The van der Waals surface area contributed by atoms with Crippen LogP contribution in [0.2, 0.25) is 0 Å². The molecule has 0 bridgehead atoms. The predicted octanol–water partition coefficient (Wildman–Crippen LogP) is -0.355. The van der Waals surface area contributed by atoms with Crippen molar-refractivity contribution in [2.45, 2.75) is 18.9 Å². The maximum atomic E-state index is 10.4. The van der Waals surface area contributed by atoms with E-state index in [2.05, 4.69) is 5.32 Å². The molecule has 3 nitrogen and oxygen atoms in total. The molecule has 9 heavy (non-hydrogen) atoms. The molecule has 0 spiro atoms. The third-order valence-corrected chi connectivity index (χ3v) is 1.40. The van der Waals surface area contributed by atoms with Crippen molar-refractivity contribution in [3.05, 3.63) is 0 Å². The molecule has 0 unspecified atom stereocenters. The summed E-state index contributed by atoms with van der Waals surface area (Å²) in [6.45, 7) is 0.938. The molecule has 1 aliphatic heterocycles. The van der Waals surface area contributed by atoms with E-state index in [1.807, 2.05) is 0 Å². The molecular formula is C5H11ClN2O. The Kier molecular flexibility index (Phi) is 3.58. The van der Waals surface area contributed by atoms with Gasteiger partial charge in [-0.05, 0) is 19.4 Å². The van der Waals surface area contributed by atoms with Crippen LogP contribution in [-0.4, -0.2) is 18.5 Å². The number of rotatable bonds is 1. The number of amides is 1. The van der Waals surface area contributed by atoms with Gasteiger partial charge in [0.1, 0.15) is 0 Å². The van der Waals surface area contributed by atoms with Crippen LogP contribution in [0.15, 0.2) is 0 Å². The maximum absolute atomic E-state index is 10.4. The molecule has 1 amide bonds. The zero-order valence-electron chi connectivity index (χ0n) is 5.09. The molecule has 1 heterocycles. The molecule has 3 N–H and O–H groups in total. The molecule has 0 aliphatic carbocycles. The van der Waals surface area contributed by atoms with Crippen LogP contribution in [0.1, 0.15) is 12.8 Å². The maximum Gasteiger partial charge on any atom is 0.234 e. The Hall–Kier alpha value is -0.280. The van der Waals surface area contributed by atoms with Crippen LogP contribution in [0.3, 0.4) is 0 Å². The summed E-state index contributed by atoms with van der Waals surface area (Å²) < 4.78 is 0. The number of carbonyl (C=O) groups excluding carboxylic acids is 1. The number of hydrogen-bond donors (Lipinski definition) is 2. The summed E-state index contributed by atoms with van der Waals surface area (Å²) >= 11 is 0. The van der Waals surface area contributed by atoms with Crippen molar-refractivity contribution in [1.29, 1.82) is 0 Å². The first-order chi connectivity index (χ1) is 3.80. The second kappa shape index (κ2) is 3.69. The quantitative estimate of drug-likeness (QED) is 0.537. The molecule has 1 rings (SSSR count). The second-order valence-corrected chi connectivity index (χ2v) is 2.05. The first-order valence-electron chi connectivity index (χ1n) is 2.83. The molecule has 0 aromatic heterocycles. The van der Waals surface area contributed by atoms with Crippen LogP contribution < -0.4 is 11.1 Å². The lowest BCUT2D eigenvalue weighted by Crippen LogP contribution is -2.36. The smallest absolute Gasteiger partial charge is 0.234 e. The Bertz CT molecular complexity index is 101. The van der Waals surface area contributed by atoms with Gasteiger partial charge in [0.2, 0.25) is 5.91 Å². The molecule has 1 saturated heterocycles. The van der Waals surface area contributed by atoms with Gasteiger partial charge in [0, 0.05) is 0 Å². The average molecular weight is 151 g/mol. The third kappa shape index (κ3) is 2.20. The Morgan fingerprint density at radius 2 is 2.33 bits per heavy atom.